The highest BCUT2D eigenvalue weighted by Crippen LogP contribution is 2.31. The third-order valence-corrected chi connectivity index (χ3v) is 7.78. The summed E-state index contributed by atoms with van der Waals surface area (Å²) < 4.78 is 11.5. The number of benzene rings is 3. The van der Waals surface area contributed by atoms with Gasteiger partial charge in [0.05, 0.1) is 29.5 Å². The summed E-state index contributed by atoms with van der Waals surface area (Å²) >= 11 is 13.6. The summed E-state index contributed by atoms with van der Waals surface area (Å²) in [5.74, 6) is 0.909. The fourth-order valence-corrected chi connectivity index (χ4v) is 5.74. The lowest BCUT2D eigenvalue weighted by Crippen LogP contribution is -2.36. The molecule has 5 rings (SSSR count). The molecule has 196 valence electrons. The van der Waals surface area contributed by atoms with Gasteiger partial charge in [-0.05, 0) is 60.9 Å². The summed E-state index contributed by atoms with van der Waals surface area (Å²) in [6.07, 6.45) is 1.66. The average Bonchev–Trinajstić information content (AvgIpc) is 3.48. The molecule has 3 aromatic carbocycles. The molecule has 0 bridgehead atoms. The van der Waals surface area contributed by atoms with Crippen molar-refractivity contribution in [2.75, 3.05) is 24.2 Å². The molecule has 0 spiro atoms. The predicted molar refractivity (Wildman–Crippen MR) is 149 cm³/mol. The Morgan fingerprint density at radius 3 is 2.63 bits per heavy atom. The molecule has 38 heavy (non-hydrogen) atoms. The fraction of sp³-hybridized carbons (Fsp3) is 0.250. The van der Waals surface area contributed by atoms with Crippen LogP contribution < -0.4 is 10.1 Å². The lowest BCUT2D eigenvalue weighted by Gasteiger charge is -2.17. The van der Waals surface area contributed by atoms with Gasteiger partial charge < -0.3 is 14.8 Å². The Hall–Kier alpha value is -3.04. The van der Waals surface area contributed by atoms with E-state index in [1.807, 2.05) is 6.07 Å². The molecule has 1 unspecified atom stereocenters. The van der Waals surface area contributed by atoms with Crippen LogP contribution in [0.2, 0.25) is 10.0 Å². The van der Waals surface area contributed by atoms with Crippen molar-refractivity contribution in [3.63, 3.8) is 0 Å². The van der Waals surface area contributed by atoms with E-state index in [-0.39, 0.29) is 36.1 Å². The Kier molecular flexibility index (Phi) is 8.24. The molecule has 10 heteroatoms. The van der Waals surface area contributed by atoms with Crippen LogP contribution in [0.1, 0.15) is 39.1 Å². The van der Waals surface area contributed by atoms with Crippen molar-refractivity contribution < 1.29 is 23.9 Å². The summed E-state index contributed by atoms with van der Waals surface area (Å²) in [5, 5.41) is 4.00. The van der Waals surface area contributed by atoms with Gasteiger partial charge in [0.25, 0.3) is 11.8 Å². The molecule has 0 saturated carbocycles. The number of imide groups is 1. The topological polar surface area (TPSA) is 84.9 Å². The zero-order valence-electron chi connectivity index (χ0n) is 20.2. The summed E-state index contributed by atoms with van der Waals surface area (Å²) in [7, 11) is 0. The molecule has 1 fully saturated rings. The highest BCUT2D eigenvalue weighted by Gasteiger charge is 2.37. The smallest absolute Gasteiger partial charge is 0.261 e. The van der Waals surface area contributed by atoms with Crippen LogP contribution in [0.25, 0.3) is 0 Å². The van der Waals surface area contributed by atoms with E-state index in [0.29, 0.717) is 50.7 Å². The molecule has 1 saturated heterocycles. The van der Waals surface area contributed by atoms with Gasteiger partial charge in [-0.1, -0.05) is 35.3 Å². The van der Waals surface area contributed by atoms with Crippen LogP contribution in [0.3, 0.4) is 0 Å². The van der Waals surface area contributed by atoms with Crippen molar-refractivity contribution >= 4 is 58.4 Å². The fourth-order valence-electron chi connectivity index (χ4n) is 4.35. The zero-order chi connectivity index (χ0) is 26.6. The number of carbonyl (C=O) groups is 3. The molecule has 3 aromatic rings. The summed E-state index contributed by atoms with van der Waals surface area (Å²) in [6.45, 7) is 0.914. The van der Waals surface area contributed by atoms with Crippen LogP contribution in [0.15, 0.2) is 60.7 Å². The standard InChI is InChI=1S/C28H24Cl2N2O5S/c29-18-7-6-17(25(30)11-18)15-38-16-26(33)31-19-3-1-4-20(12-19)37-21-8-9-23-24(13-21)28(35)32(27(23)34)14-22-5-2-10-36-22/h1,3-4,6-9,11-13,22H,2,5,10,14-16H2,(H,31,33). The van der Waals surface area contributed by atoms with Gasteiger partial charge in [-0.2, -0.15) is 0 Å². The van der Waals surface area contributed by atoms with Crippen LogP contribution in [-0.4, -0.2) is 47.6 Å². The maximum atomic E-state index is 12.9. The van der Waals surface area contributed by atoms with Gasteiger partial charge in [-0.25, -0.2) is 0 Å². The number of nitrogens with zero attached hydrogens (tertiary/aromatic N) is 1. The van der Waals surface area contributed by atoms with Crippen molar-refractivity contribution in [2.45, 2.75) is 24.7 Å². The third kappa shape index (κ3) is 6.15. The molecule has 0 aromatic heterocycles. The van der Waals surface area contributed by atoms with Gasteiger partial charge in [-0.3, -0.25) is 19.3 Å². The molecular weight excluding hydrogens is 547 g/mol. The van der Waals surface area contributed by atoms with E-state index >= 15 is 0 Å². The second-order valence-corrected chi connectivity index (χ2v) is 10.8. The summed E-state index contributed by atoms with van der Waals surface area (Å²) in [4.78, 5) is 39.4. The Labute approximate surface area is 234 Å². The first kappa shape index (κ1) is 26.6. The number of rotatable bonds is 9. The van der Waals surface area contributed by atoms with E-state index in [1.54, 1.807) is 54.6 Å². The Morgan fingerprint density at radius 2 is 1.84 bits per heavy atom. The molecule has 1 N–H and O–H groups in total. The van der Waals surface area contributed by atoms with E-state index in [4.69, 9.17) is 32.7 Å². The lowest BCUT2D eigenvalue weighted by atomic mass is 10.1. The minimum absolute atomic E-state index is 0.112. The molecule has 1 atom stereocenters. The number of hydrogen-bond donors (Lipinski definition) is 1. The monoisotopic (exact) mass is 570 g/mol. The minimum Gasteiger partial charge on any atom is -0.457 e. The second kappa shape index (κ2) is 11.8. The molecule has 2 heterocycles. The summed E-state index contributed by atoms with van der Waals surface area (Å²) in [6, 6.07) is 17.1. The number of nitrogens with one attached hydrogen (secondary N) is 1. The van der Waals surface area contributed by atoms with Crippen LogP contribution in [0.5, 0.6) is 11.5 Å². The van der Waals surface area contributed by atoms with Crippen molar-refractivity contribution in [3.8, 4) is 11.5 Å². The molecular formula is C28H24Cl2N2O5S. The van der Waals surface area contributed by atoms with E-state index in [1.165, 1.54) is 16.7 Å². The first-order valence-corrected chi connectivity index (χ1v) is 14.0. The Morgan fingerprint density at radius 1 is 1.03 bits per heavy atom. The van der Waals surface area contributed by atoms with Gasteiger partial charge in [0, 0.05) is 34.2 Å². The third-order valence-electron chi connectivity index (χ3n) is 6.21. The van der Waals surface area contributed by atoms with Gasteiger partial charge in [0.1, 0.15) is 11.5 Å². The number of anilines is 1. The SMILES string of the molecule is O=C(CSCc1ccc(Cl)cc1Cl)Nc1cccc(Oc2ccc3c(c2)C(=O)N(CC2CCCO2)C3=O)c1. The largest absolute Gasteiger partial charge is 0.457 e. The van der Waals surface area contributed by atoms with Crippen molar-refractivity contribution in [3.05, 3.63) is 87.4 Å². The van der Waals surface area contributed by atoms with Crippen molar-refractivity contribution in [2.24, 2.45) is 0 Å². The molecule has 3 amide bonds. The molecule has 2 aliphatic heterocycles. The van der Waals surface area contributed by atoms with Gasteiger partial charge in [0.2, 0.25) is 5.91 Å². The first-order valence-electron chi connectivity index (χ1n) is 12.1. The molecule has 2 aliphatic rings. The van der Waals surface area contributed by atoms with Crippen LogP contribution in [0.4, 0.5) is 5.69 Å². The molecule has 0 aliphatic carbocycles. The predicted octanol–water partition coefficient (Wildman–Crippen LogP) is 6.43. The van der Waals surface area contributed by atoms with Crippen LogP contribution in [-0.2, 0) is 15.3 Å². The number of fused-ring (bicyclic) bond motifs is 1. The zero-order valence-corrected chi connectivity index (χ0v) is 22.6. The van der Waals surface area contributed by atoms with Crippen molar-refractivity contribution in [1.82, 2.24) is 4.90 Å². The number of halogens is 2. The van der Waals surface area contributed by atoms with E-state index < -0.39 is 0 Å². The normalized spacial score (nSPS) is 16.6. The summed E-state index contributed by atoms with van der Waals surface area (Å²) in [5.41, 5.74) is 2.16. The number of thioether (sulfide) groups is 1. The van der Waals surface area contributed by atoms with Crippen LogP contribution in [0, 0.1) is 0 Å². The van der Waals surface area contributed by atoms with E-state index in [9.17, 15) is 14.4 Å². The van der Waals surface area contributed by atoms with Crippen LogP contribution >= 0.6 is 35.0 Å². The number of ether oxygens (including phenoxy) is 2. The van der Waals surface area contributed by atoms with Gasteiger partial charge in [-0.15, -0.1) is 11.8 Å². The van der Waals surface area contributed by atoms with Crippen molar-refractivity contribution in [1.29, 1.82) is 0 Å². The molecule has 7 nitrogen and oxygen atoms in total. The minimum atomic E-state index is -0.343. The van der Waals surface area contributed by atoms with Gasteiger partial charge >= 0.3 is 0 Å². The maximum absolute atomic E-state index is 12.9. The Bertz CT molecular complexity index is 1390. The first-order chi connectivity index (χ1) is 18.4. The number of hydrogen-bond acceptors (Lipinski definition) is 6. The highest BCUT2D eigenvalue weighted by molar-refractivity contribution is 7.99. The lowest BCUT2D eigenvalue weighted by molar-refractivity contribution is -0.113. The highest BCUT2D eigenvalue weighted by atomic mass is 35.5. The van der Waals surface area contributed by atoms with E-state index in [0.717, 1.165) is 18.4 Å². The van der Waals surface area contributed by atoms with E-state index in [2.05, 4.69) is 5.32 Å². The Balaban J connectivity index is 1.18. The number of amides is 3. The quantitative estimate of drug-likeness (QED) is 0.298. The molecule has 0 radical (unpaired) electrons. The maximum Gasteiger partial charge on any atom is 0.261 e. The number of carbonyl (C=O) groups excluding carboxylic acids is 3. The van der Waals surface area contributed by atoms with Gasteiger partial charge in [0.15, 0.2) is 0 Å². The second-order valence-electron chi connectivity index (χ2n) is 8.97. The average molecular weight is 571 g/mol.